The van der Waals surface area contributed by atoms with E-state index in [9.17, 15) is 29.4 Å². The summed E-state index contributed by atoms with van der Waals surface area (Å²) in [6, 6.07) is -3.87. The lowest BCUT2D eigenvalue weighted by atomic mass is 10.1. The number of carboxylic acids is 1. The van der Waals surface area contributed by atoms with E-state index in [-0.39, 0.29) is 5.75 Å². The molecule has 8 N–H and O–H groups in total. The highest BCUT2D eigenvalue weighted by Gasteiger charge is 2.27. The van der Waals surface area contributed by atoms with Crippen molar-refractivity contribution in [2.24, 2.45) is 5.73 Å². The number of carboxylic acid groups (broad SMARTS) is 1. The van der Waals surface area contributed by atoms with Gasteiger partial charge in [-0.3, -0.25) is 14.4 Å². The number of nitrogens with two attached hydrogens (primary N) is 1. The second kappa shape index (κ2) is 10.9. The number of aliphatic hydroxyl groups is 2. The zero-order valence-corrected chi connectivity index (χ0v) is 14.7. The molecule has 0 aliphatic rings. The first-order valence-corrected chi connectivity index (χ1v) is 7.97. The average Bonchev–Trinajstić information content (AvgIpc) is 2.53. The Kier molecular flexibility index (Phi) is 10.0. The summed E-state index contributed by atoms with van der Waals surface area (Å²) in [6.07, 6.45) is -2.45. The van der Waals surface area contributed by atoms with Crippen molar-refractivity contribution < 1.29 is 34.5 Å². The molecule has 5 unspecified atom stereocenters. The second-order valence-electron chi connectivity index (χ2n) is 5.35. The molecule has 5 atom stereocenters. The predicted molar refractivity (Wildman–Crippen MR) is 89.7 cm³/mol. The van der Waals surface area contributed by atoms with Gasteiger partial charge in [0.2, 0.25) is 17.7 Å². The normalized spacial score (nSPS) is 16.7. The Bertz CT molecular complexity index is 501. The highest BCUT2D eigenvalue weighted by atomic mass is 32.1. The lowest BCUT2D eigenvalue weighted by Gasteiger charge is -2.21. The molecule has 0 heterocycles. The molecule has 0 saturated carbocycles. The second-order valence-corrected chi connectivity index (χ2v) is 5.72. The van der Waals surface area contributed by atoms with Crippen molar-refractivity contribution in [2.45, 2.75) is 44.2 Å². The molecule has 11 nitrogen and oxygen atoms in total. The quantitative estimate of drug-likeness (QED) is 0.177. The first-order chi connectivity index (χ1) is 11.5. The third-order valence-corrected chi connectivity index (χ3v) is 3.49. The van der Waals surface area contributed by atoms with Crippen LogP contribution in [0.3, 0.4) is 0 Å². The van der Waals surface area contributed by atoms with Gasteiger partial charge < -0.3 is 37.0 Å². The SMILES string of the molecule is CC(O)C(N)C(=O)NC(CS)C(=O)NCC(=O)NC(C(=O)O)C(C)O. The number of rotatable bonds is 10. The van der Waals surface area contributed by atoms with Crippen LogP contribution in [0.25, 0.3) is 0 Å². The summed E-state index contributed by atoms with van der Waals surface area (Å²) >= 11 is 3.91. The largest absolute Gasteiger partial charge is 0.480 e. The van der Waals surface area contributed by atoms with Crippen molar-refractivity contribution in [3.05, 3.63) is 0 Å². The molecule has 0 rings (SSSR count). The number of aliphatic carboxylic acids is 1. The minimum Gasteiger partial charge on any atom is -0.480 e. The lowest BCUT2D eigenvalue weighted by Crippen LogP contribution is -2.56. The van der Waals surface area contributed by atoms with Gasteiger partial charge in [-0.2, -0.15) is 12.6 Å². The molecule has 0 aromatic rings. The fraction of sp³-hybridized carbons (Fsp3) is 0.692. The van der Waals surface area contributed by atoms with Gasteiger partial charge in [-0.25, -0.2) is 4.79 Å². The van der Waals surface area contributed by atoms with Crippen LogP contribution in [0.1, 0.15) is 13.8 Å². The van der Waals surface area contributed by atoms with Crippen LogP contribution >= 0.6 is 12.6 Å². The Morgan fingerprint density at radius 3 is 2.00 bits per heavy atom. The van der Waals surface area contributed by atoms with Gasteiger partial charge in [0, 0.05) is 5.75 Å². The van der Waals surface area contributed by atoms with Gasteiger partial charge in [0.1, 0.15) is 12.1 Å². The molecule has 144 valence electrons. The van der Waals surface area contributed by atoms with Gasteiger partial charge in [0.25, 0.3) is 0 Å². The van der Waals surface area contributed by atoms with E-state index in [1.165, 1.54) is 13.8 Å². The number of hydrogen-bond donors (Lipinski definition) is 8. The molecule has 0 radical (unpaired) electrons. The van der Waals surface area contributed by atoms with Crippen molar-refractivity contribution in [1.82, 2.24) is 16.0 Å². The van der Waals surface area contributed by atoms with Crippen LogP contribution in [0.15, 0.2) is 0 Å². The zero-order valence-electron chi connectivity index (χ0n) is 13.8. The van der Waals surface area contributed by atoms with Crippen LogP contribution in [0, 0.1) is 0 Å². The molecule has 0 aromatic carbocycles. The number of amides is 3. The average molecular weight is 380 g/mol. The summed E-state index contributed by atoms with van der Waals surface area (Å²) in [4.78, 5) is 46.1. The third-order valence-electron chi connectivity index (χ3n) is 3.13. The molecule has 12 heteroatoms. The Hall–Kier alpha value is -1.89. The third kappa shape index (κ3) is 8.16. The fourth-order valence-electron chi connectivity index (χ4n) is 1.58. The maximum absolute atomic E-state index is 11.9. The van der Waals surface area contributed by atoms with E-state index < -0.39 is 60.6 Å². The van der Waals surface area contributed by atoms with Crippen LogP contribution < -0.4 is 21.7 Å². The minimum atomic E-state index is -1.52. The predicted octanol–water partition coefficient (Wildman–Crippen LogP) is -3.82. The molecule has 0 bridgehead atoms. The first kappa shape index (κ1) is 23.1. The van der Waals surface area contributed by atoms with E-state index >= 15 is 0 Å². The van der Waals surface area contributed by atoms with Gasteiger partial charge in [-0.15, -0.1) is 0 Å². The molecule has 3 amide bonds. The monoisotopic (exact) mass is 380 g/mol. The molecular weight excluding hydrogens is 356 g/mol. The van der Waals surface area contributed by atoms with Crippen LogP contribution in [-0.2, 0) is 19.2 Å². The van der Waals surface area contributed by atoms with Gasteiger partial charge in [0.15, 0.2) is 6.04 Å². The van der Waals surface area contributed by atoms with Crippen LogP contribution in [-0.4, -0.2) is 81.6 Å². The molecule has 0 aromatic heterocycles. The number of carbonyl (C=O) groups excluding carboxylic acids is 3. The van der Waals surface area contributed by atoms with E-state index in [1.54, 1.807) is 0 Å². The standard InChI is InChI=1S/C13H24N4O7S/c1-5(18)9(14)12(22)16-7(4-25)11(21)15-3-8(20)17-10(6(2)19)13(23)24/h5-7,9-10,18-19,25H,3-4,14H2,1-2H3,(H,15,21)(H,16,22)(H,17,20)(H,23,24). The van der Waals surface area contributed by atoms with Crippen LogP contribution in [0.5, 0.6) is 0 Å². The molecular formula is C13H24N4O7S. The Morgan fingerprint density at radius 2 is 1.60 bits per heavy atom. The zero-order chi connectivity index (χ0) is 19.7. The van der Waals surface area contributed by atoms with Crippen molar-refractivity contribution in [3.8, 4) is 0 Å². The summed E-state index contributed by atoms with van der Waals surface area (Å²) in [5, 5.41) is 33.8. The summed E-state index contributed by atoms with van der Waals surface area (Å²) in [5.41, 5.74) is 5.43. The van der Waals surface area contributed by atoms with Gasteiger partial charge in [-0.05, 0) is 13.8 Å². The summed E-state index contributed by atoms with van der Waals surface area (Å²) in [5.74, 6) is -3.89. The maximum Gasteiger partial charge on any atom is 0.328 e. The molecule has 0 spiro atoms. The van der Waals surface area contributed by atoms with Crippen molar-refractivity contribution >= 4 is 36.3 Å². The molecule has 0 fully saturated rings. The number of aliphatic hydroxyl groups excluding tert-OH is 2. The van der Waals surface area contributed by atoms with Crippen molar-refractivity contribution in [2.75, 3.05) is 12.3 Å². The Morgan fingerprint density at radius 1 is 1.04 bits per heavy atom. The van der Waals surface area contributed by atoms with E-state index in [2.05, 4.69) is 23.3 Å². The van der Waals surface area contributed by atoms with Gasteiger partial charge >= 0.3 is 5.97 Å². The van der Waals surface area contributed by atoms with Crippen molar-refractivity contribution in [3.63, 3.8) is 0 Å². The maximum atomic E-state index is 11.9. The first-order valence-electron chi connectivity index (χ1n) is 7.34. The summed E-state index contributed by atoms with van der Waals surface area (Å²) < 4.78 is 0. The van der Waals surface area contributed by atoms with Crippen molar-refractivity contribution in [1.29, 1.82) is 0 Å². The molecule has 0 saturated heterocycles. The van der Waals surface area contributed by atoms with Gasteiger partial charge in [0.05, 0.1) is 18.8 Å². The van der Waals surface area contributed by atoms with E-state index in [0.717, 1.165) is 0 Å². The Balaban J connectivity index is 4.57. The highest BCUT2D eigenvalue weighted by molar-refractivity contribution is 7.80. The van der Waals surface area contributed by atoms with E-state index in [0.29, 0.717) is 0 Å². The Labute approximate surface area is 149 Å². The lowest BCUT2D eigenvalue weighted by molar-refractivity contribution is -0.144. The van der Waals surface area contributed by atoms with Gasteiger partial charge in [-0.1, -0.05) is 0 Å². The minimum absolute atomic E-state index is 0.100. The van der Waals surface area contributed by atoms with E-state index in [1.807, 2.05) is 5.32 Å². The number of nitrogens with one attached hydrogen (secondary N) is 3. The summed E-state index contributed by atoms with van der Waals surface area (Å²) in [7, 11) is 0. The summed E-state index contributed by atoms with van der Waals surface area (Å²) in [6.45, 7) is 1.93. The van der Waals surface area contributed by atoms with Crippen LogP contribution in [0.4, 0.5) is 0 Å². The molecule has 0 aliphatic carbocycles. The van der Waals surface area contributed by atoms with E-state index in [4.69, 9.17) is 10.8 Å². The topological polar surface area (TPSA) is 191 Å². The smallest absolute Gasteiger partial charge is 0.328 e. The highest BCUT2D eigenvalue weighted by Crippen LogP contribution is 1.95. The number of hydrogen-bond acceptors (Lipinski definition) is 8. The number of thiol groups is 1. The fourth-order valence-corrected chi connectivity index (χ4v) is 1.84. The molecule has 25 heavy (non-hydrogen) atoms. The van der Waals surface area contributed by atoms with Crippen LogP contribution in [0.2, 0.25) is 0 Å². The number of carbonyl (C=O) groups is 4. The molecule has 0 aliphatic heterocycles.